The van der Waals surface area contributed by atoms with Crippen molar-refractivity contribution in [3.05, 3.63) is 11.9 Å². The minimum Gasteiger partial charge on any atom is -0.370 e. The topological polar surface area (TPSA) is 49.8 Å². The molecule has 0 atom stereocenters. The van der Waals surface area contributed by atoms with Crippen LogP contribution in [0, 0.1) is 12.8 Å². The second kappa shape index (κ2) is 8.73. The largest absolute Gasteiger partial charge is 0.370 e. The molecule has 0 aliphatic carbocycles. The third-order valence-electron chi connectivity index (χ3n) is 3.13. The van der Waals surface area contributed by atoms with Gasteiger partial charge in [-0.3, -0.25) is 0 Å². The number of anilines is 2. The van der Waals surface area contributed by atoms with E-state index in [4.69, 9.17) is 0 Å². The van der Waals surface area contributed by atoms with E-state index in [9.17, 15) is 0 Å². The van der Waals surface area contributed by atoms with Crippen molar-refractivity contribution >= 4 is 11.6 Å². The lowest BCUT2D eigenvalue weighted by Gasteiger charge is -2.12. The van der Waals surface area contributed by atoms with Crippen molar-refractivity contribution in [3.63, 3.8) is 0 Å². The Morgan fingerprint density at radius 1 is 1.05 bits per heavy atom. The highest BCUT2D eigenvalue weighted by molar-refractivity contribution is 5.56. The van der Waals surface area contributed by atoms with Crippen molar-refractivity contribution in [2.45, 2.75) is 53.4 Å². The summed E-state index contributed by atoms with van der Waals surface area (Å²) in [5, 5.41) is 6.74. The third-order valence-corrected chi connectivity index (χ3v) is 3.13. The Labute approximate surface area is 117 Å². The predicted octanol–water partition coefficient (Wildman–Crippen LogP) is 3.85. The SMILES string of the molecule is CCCNc1ncnc(NCCCCC(C)C)c1C. The van der Waals surface area contributed by atoms with Crippen molar-refractivity contribution in [1.82, 2.24) is 9.97 Å². The summed E-state index contributed by atoms with van der Waals surface area (Å²) in [5.41, 5.74) is 1.11. The van der Waals surface area contributed by atoms with Gasteiger partial charge in [-0.15, -0.1) is 0 Å². The van der Waals surface area contributed by atoms with Crippen LogP contribution in [0.25, 0.3) is 0 Å². The van der Waals surface area contributed by atoms with Crippen LogP contribution in [0.3, 0.4) is 0 Å². The average molecular weight is 264 g/mol. The Morgan fingerprint density at radius 2 is 1.68 bits per heavy atom. The summed E-state index contributed by atoms with van der Waals surface area (Å²) in [5.74, 6) is 2.70. The third kappa shape index (κ3) is 5.90. The first-order chi connectivity index (χ1) is 9.15. The summed E-state index contributed by atoms with van der Waals surface area (Å²) < 4.78 is 0. The molecule has 0 saturated heterocycles. The van der Waals surface area contributed by atoms with Gasteiger partial charge in [-0.05, 0) is 25.7 Å². The molecular formula is C15H28N4. The van der Waals surface area contributed by atoms with Gasteiger partial charge in [-0.2, -0.15) is 0 Å². The molecule has 0 saturated carbocycles. The van der Waals surface area contributed by atoms with E-state index in [2.05, 4.69) is 48.3 Å². The van der Waals surface area contributed by atoms with Crippen LogP contribution in [0.15, 0.2) is 6.33 Å². The molecule has 4 heteroatoms. The van der Waals surface area contributed by atoms with Gasteiger partial charge in [0.25, 0.3) is 0 Å². The fourth-order valence-corrected chi connectivity index (χ4v) is 1.93. The maximum atomic E-state index is 4.32. The molecule has 108 valence electrons. The van der Waals surface area contributed by atoms with Crippen molar-refractivity contribution in [2.75, 3.05) is 23.7 Å². The first-order valence-electron chi connectivity index (χ1n) is 7.44. The molecule has 1 rings (SSSR count). The minimum atomic E-state index is 0.797. The number of unbranched alkanes of at least 4 members (excludes halogenated alkanes) is 1. The van der Waals surface area contributed by atoms with Crippen LogP contribution in [-0.4, -0.2) is 23.1 Å². The molecule has 0 radical (unpaired) electrons. The lowest BCUT2D eigenvalue weighted by Crippen LogP contribution is -2.09. The van der Waals surface area contributed by atoms with E-state index in [1.54, 1.807) is 6.33 Å². The standard InChI is InChI=1S/C15H28N4/c1-5-9-16-14-13(4)15(19-11-18-14)17-10-7-6-8-12(2)3/h11-12H,5-10H2,1-4H3,(H2,16,17,18,19). The predicted molar refractivity (Wildman–Crippen MR) is 82.7 cm³/mol. The molecular weight excluding hydrogens is 236 g/mol. The summed E-state index contributed by atoms with van der Waals surface area (Å²) >= 11 is 0. The average Bonchev–Trinajstić information content (AvgIpc) is 2.38. The van der Waals surface area contributed by atoms with Gasteiger partial charge in [0, 0.05) is 18.7 Å². The maximum Gasteiger partial charge on any atom is 0.134 e. The lowest BCUT2D eigenvalue weighted by molar-refractivity contribution is 0.544. The summed E-state index contributed by atoms with van der Waals surface area (Å²) in [7, 11) is 0. The number of nitrogens with zero attached hydrogens (tertiary/aromatic N) is 2. The Balaban J connectivity index is 2.40. The van der Waals surface area contributed by atoms with E-state index >= 15 is 0 Å². The van der Waals surface area contributed by atoms with Crippen molar-refractivity contribution in [1.29, 1.82) is 0 Å². The quantitative estimate of drug-likeness (QED) is 0.665. The number of rotatable bonds is 9. The molecule has 0 aromatic carbocycles. The molecule has 1 aromatic heterocycles. The Bertz CT molecular complexity index is 363. The first kappa shape index (κ1) is 15.7. The van der Waals surface area contributed by atoms with Crippen LogP contribution in [0.4, 0.5) is 11.6 Å². The van der Waals surface area contributed by atoms with Gasteiger partial charge in [-0.1, -0.05) is 33.6 Å². The molecule has 0 amide bonds. The van der Waals surface area contributed by atoms with Gasteiger partial charge < -0.3 is 10.6 Å². The Hall–Kier alpha value is -1.32. The summed E-state index contributed by atoms with van der Waals surface area (Å²) in [4.78, 5) is 8.60. The summed E-state index contributed by atoms with van der Waals surface area (Å²) in [6.45, 7) is 10.7. The highest BCUT2D eigenvalue weighted by Gasteiger charge is 2.05. The van der Waals surface area contributed by atoms with Gasteiger partial charge in [0.15, 0.2) is 0 Å². The normalized spacial score (nSPS) is 10.8. The molecule has 19 heavy (non-hydrogen) atoms. The first-order valence-corrected chi connectivity index (χ1v) is 7.44. The Morgan fingerprint density at radius 3 is 2.26 bits per heavy atom. The van der Waals surface area contributed by atoms with Gasteiger partial charge in [0.1, 0.15) is 18.0 Å². The van der Waals surface area contributed by atoms with E-state index in [-0.39, 0.29) is 0 Å². The van der Waals surface area contributed by atoms with Crippen molar-refractivity contribution < 1.29 is 0 Å². The van der Waals surface area contributed by atoms with Gasteiger partial charge in [0.2, 0.25) is 0 Å². The van der Waals surface area contributed by atoms with Crippen LogP contribution in [-0.2, 0) is 0 Å². The van der Waals surface area contributed by atoms with E-state index in [0.717, 1.165) is 42.6 Å². The van der Waals surface area contributed by atoms with E-state index in [1.807, 2.05) is 0 Å². The Kier molecular flexibility index (Phi) is 7.23. The van der Waals surface area contributed by atoms with Gasteiger partial charge in [-0.25, -0.2) is 9.97 Å². The molecule has 0 aliphatic rings. The number of hydrogen-bond donors (Lipinski definition) is 2. The molecule has 0 fully saturated rings. The maximum absolute atomic E-state index is 4.32. The fraction of sp³-hybridized carbons (Fsp3) is 0.733. The van der Waals surface area contributed by atoms with Crippen LogP contribution in [0.2, 0.25) is 0 Å². The highest BCUT2D eigenvalue weighted by atomic mass is 15.1. The van der Waals surface area contributed by atoms with Crippen LogP contribution in [0.1, 0.15) is 52.0 Å². The number of aromatic nitrogens is 2. The molecule has 4 nitrogen and oxygen atoms in total. The molecule has 0 bridgehead atoms. The molecule has 0 spiro atoms. The number of hydrogen-bond acceptors (Lipinski definition) is 4. The van der Waals surface area contributed by atoms with Crippen LogP contribution >= 0.6 is 0 Å². The minimum absolute atomic E-state index is 0.797. The second-order valence-electron chi connectivity index (χ2n) is 5.44. The number of nitrogens with one attached hydrogen (secondary N) is 2. The molecule has 0 unspecified atom stereocenters. The van der Waals surface area contributed by atoms with Crippen LogP contribution in [0.5, 0.6) is 0 Å². The molecule has 1 heterocycles. The zero-order valence-electron chi connectivity index (χ0n) is 12.8. The highest BCUT2D eigenvalue weighted by Crippen LogP contribution is 2.18. The monoisotopic (exact) mass is 264 g/mol. The molecule has 1 aromatic rings. The second-order valence-corrected chi connectivity index (χ2v) is 5.44. The van der Waals surface area contributed by atoms with E-state index in [1.165, 1.54) is 19.3 Å². The molecule has 0 aliphatic heterocycles. The molecule has 2 N–H and O–H groups in total. The van der Waals surface area contributed by atoms with E-state index in [0.29, 0.717) is 0 Å². The van der Waals surface area contributed by atoms with Crippen LogP contribution < -0.4 is 10.6 Å². The van der Waals surface area contributed by atoms with Gasteiger partial charge in [0.05, 0.1) is 0 Å². The van der Waals surface area contributed by atoms with Crippen molar-refractivity contribution in [2.24, 2.45) is 5.92 Å². The fourth-order valence-electron chi connectivity index (χ4n) is 1.93. The van der Waals surface area contributed by atoms with Crippen molar-refractivity contribution in [3.8, 4) is 0 Å². The van der Waals surface area contributed by atoms with Gasteiger partial charge >= 0.3 is 0 Å². The smallest absolute Gasteiger partial charge is 0.134 e. The zero-order valence-corrected chi connectivity index (χ0v) is 12.8. The lowest BCUT2D eigenvalue weighted by atomic mass is 10.1. The van der Waals surface area contributed by atoms with E-state index < -0.39 is 0 Å². The summed E-state index contributed by atoms with van der Waals surface area (Å²) in [6, 6.07) is 0. The summed E-state index contributed by atoms with van der Waals surface area (Å²) in [6.07, 6.45) is 6.49. The zero-order chi connectivity index (χ0) is 14.1.